The molecule has 4 rings (SSSR count). The fraction of sp³-hybridized carbons (Fsp3) is 0.368. The Bertz CT molecular complexity index is 908. The van der Waals surface area contributed by atoms with Gasteiger partial charge in [0.05, 0.1) is 22.8 Å². The Morgan fingerprint density at radius 3 is 2.64 bits per heavy atom. The van der Waals surface area contributed by atoms with Crippen molar-refractivity contribution in [3.63, 3.8) is 0 Å². The van der Waals surface area contributed by atoms with Crippen molar-refractivity contribution in [1.29, 1.82) is 0 Å². The van der Waals surface area contributed by atoms with E-state index in [1.165, 1.54) is 12.1 Å². The first-order chi connectivity index (χ1) is 13.4. The van der Waals surface area contributed by atoms with Gasteiger partial charge in [-0.3, -0.25) is 9.88 Å². The number of benzene rings is 1. The molecule has 3 heterocycles. The maximum atomic E-state index is 14.3. The zero-order chi connectivity index (χ0) is 19.7. The number of halogens is 4. The fourth-order valence-corrected chi connectivity index (χ4v) is 3.32. The van der Waals surface area contributed by atoms with Crippen LogP contribution in [0.3, 0.4) is 0 Å². The van der Waals surface area contributed by atoms with Gasteiger partial charge in [-0.2, -0.15) is 13.2 Å². The molecule has 2 unspecified atom stereocenters. The van der Waals surface area contributed by atoms with Gasteiger partial charge in [0.25, 0.3) is 0 Å². The van der Waals surface area contributed by atoms with Crippen LogP contribution in [-0.4, -0.2) is 45.2 Å². The number of aromatic nitrogens is 3. The molecule has 5 nitrogen and oxygen atoms in total. The normalized spacial score (nSPS) is 20.9. The molecule has 1 aromatic carbocycles. The highest BCUT2D eigenvalue weighted by Gasteiger charge is 2.34. The van der Waals surface area contributed by atoms with E-state index in [1.807, 2.05) is 4.90 Å². The van der Waals surface area contributed by atoms with E-state index in [-0.39, 0.29) is 13.2 Å². The molecule has 9 heteroatoms. The topological polar surface area (TPSA) is 54.0 Å². The lowest BCUT2D eigenvalue weighted by atomic mass is 10.1. The van der Waals surface area contributed by atoms with E-state index >= 15 is 0 Å². The second kappa shape index (κ2) is 7.48. The van der Waals surface area contributed by atoms with Crippen molar-refractivity contribution in [2.75, 3.05) is 13.1 Å². The Kier molecular flexibility index (Phi) is 5.03. The van der Waals surface area contributed by atoms with Gasteiger partial charge in [0, 0.05) is 25.8 Å². The average Bonchev–Trinajstić information content (AvgIpc) is 3.22. The zero-order valence-electron chi connectivity index (χ0n) is 14.8. The highest BCUT2D eigenvalue weighted by Crippen LogP contribution is 2.29. The number of hydrogen-bond acceptors (Lipinski definition) is 4. The standard InChI is InChI=1S/C19H18F4N4O/c20-14-9-27(8-12-1-3-13(4-2-12)19(21,22)23)10-17(14)28-11-18-25-15-5-6-24-7-16(15)26-18/h1-7,14,17H,8-11H2,(H,25,26). The number of aromatic amines is 1. The van der Waals surface area contributed by atoms with Crippen LogP contribution in [0.1, 0.15) is 17.0 Å². The van der Waals surface area contributed by atoms with Gasteiger partial charge in [-0.1, -0.05) is 12.1 Å². The van der Waals surface area contributed by atoms with Crippen LogP contribution >= 0.6 is 0 Å². The summed E-state index contributed by atoms with van der Waals surface area (Å²) in [6, 6.07) is 6.71. The van der Waals surface area contributed by atoms with E-state index < -0.39 is 24.0 Å². The maximum absolute atomic E-state index is 14.3. The molecule has 1 saturated heterocycles. The number of imidazole rings is 1. The van der Waals surface area contributed by atoms with E-state index in [1.54, 1.807) is 18.5 Å². The SMILES string of the molecule is FC1CN(Cc2ccc(C(F)(F)F)cc2)CC1OCc1nc2ccncc2[nH]1. The summed E-state index contributed by atoms with van der Waals surface area (Å²) in [5.41, 5.74) is 1.56. The minimum Gasteiger partial charge on any atom is -0.366 e. The van der Waals surface area contributed by atoms with Gasteiger partial charge in [-0.15, -0.1) is 0 Å². The summed E-state index contributed by atoms with van der Waals surface area (Å²) < 4.78 is 57.9. The molecule has 1 aliphatic heterocycles. The van der Waals surface area contributed by atoms with E-state index in [9.17, 15) is 17.6 Å². The predicted octanol–water partition coefficient (Wildman–Crippen LogP) is 3.72. The smallest absolute Gasteiger partial charge is 0.366 e. The van der Waals surface area contributed by atoms with Crippen LogP contribution in [0.2, 0.25) is 0 Å². The average molecular weight is 394 g/mol. The molecule has 0 radical (unpaired) electrons. The lowest BCUT2D eigenvalue weighted by Gasteiger charge is -2.16. The minimum absolute atomic E-state index is 0.147. The Hall–Kier alpha value is -2.52. The van der Waals surface area contributed by atoms with Crippen LogP contribution in [0.25, 0.3) is 11.0 Å². The molecule has 148 valence electrons. The van der Waals surface area contributed by atoms with Crippen molar-refractivity contribution in [2.45, 2.75) is 31.6 Å². The monoisotopic (exact) mass is 394 g/mol. The van der Waals surface area contributed by atoms with Crippen molar-refractivity contribution < 1.29 is 22.3 Å². The number of hydrogen-bond donors (Lipinski definition) is 1. The van der Waals surface area contributed by atoms with E-state index in [0.717, 1.165) is 23.2 Å². The highest BCUT2D eigenvalue weighted by atomic mass is 19.4. The number of H-pyrrole nitrogens is 1. The Morgan fingerprint density at radius 2 is 1.93 bits per heavy atom. The molecule has 1 N–H and O–H groups in total. The van der Waals surface area contributed by atoms with Crippen molar-refractivity contribution in [3.8, 4) is 0 Å². The van der Waals surface area contributed by atoms with Crippen LogP contribution in [-0.2, 0) is 24.1 Å². The second-order valence-electron chi connectivity index (χ2n) is 6.83. The molecule has 1 aliphatic rings. The zero-order valence-corrected chi connectivity index (χ0v) is 14.8. The summed E-state index contributed by atoms with van der Waals surface area (Å²) in [5.74, 6) is 0.594. The van der Waals surface area contributed by atoms with Gasteiger partial charge in [0.1, 0.15) is 24.7 Å². The summed E-state index contributed by atoms with van der Waals surface area (Å²) in [7, 11) is 0. The summed E-state index contributed by atoms with van der Waals surface area (Å²) in [4.78, 5) is 13.3. The van der Waals surface area contributed by atoms with Gasteiger partial charge in [0.2, 0.25) is 0 Å². The summed E-state index contributed by atoms with van der Waals surface area (Å²) in [5, 5.41) is 0. The van der Waals surface area contributed by atoms with Crippen molar-refractivity contribution in [3.05, 3.63) is 59.7 Å². The number of rotatable bonds is 5. The molecule has 2 aromatic heterocycles. The third-order valence-corrected chi connectivity index (χ3v) is 4.73. The highest BCUT2D eigenvalue weighted by molar-refractivity contribution is 5.73. The maximum Gasteiger partial charge on any atom is 0.416 e. The minimum atomic E-state index is -4.36. The number of pyridine rings is 1. The molecule has 1 fully saturated rings. The van der Waals surface area contributed by atoms with Crippen LogP contribution in [0, 0.1) is 0 Å². The second-order valence-corrected chi connectivity index (χ2v) is 6.83. The molecule has 0 saturated carbocycles. The Morgan fingerprint density at radius 1 is 1.14 bits per heavy atom. The number of fused-ring (bicyclic) bond motifs is 1. The van der Waals surface area contributed by atoms with Gasteiger partial charge < -0.3 is 9.72 Å². The van der Waals surface area contributed by atoms with Crippen LogP contribution < -0.4 is 0 Å². The lowest BCUT2D eigenvalue weighted by Crippen LogP contribution is -2.24. The molecule has 2 atom stereocenters. The van der Waals surface area contributed by atoms with Gasteiger partial charge >= 0.3 is 6.18 Å². The molecule has 0 amide bonds. The van der Waals surface area contributed by atoms with Crippen LogP contribution in [0.5, 0.6) is 0 Å². The molecule has 28 heavy (non-hydrogen) atoms. The van der Waals surface area contributed by atoms with Crippen molar-refractivity contribution >= 4 is 11.0 Å². The fourth-order valence-electron chi connectivity index (χ4n) is 3.32. The third-order valence-electron chi connectivity index (χ3n) is 4.73. The van der Waals surface area contributed by atoms with Crippen molar-refractivity contribution in [1.82, 2.24) is 19.9 Å². The van der Waals surface area contributed by atoms with Gasteiger partial charge in [-0.05, 0) is 23.8 Å². The number of ether oxygens (including phenoxy) is 1. The molecule has 0 bridgehead atoms. The molecular weight excluding hydrogens is 376 g/mol. The number of nitrogens with zero attached hydrogens (tertiary/aromatic N) is 3. The summed E-state index contributed by atoms with van der Waals surface area (Å²) in [6.07, 6.45) is -2.84. The molecular formula is C19H18F4N4O. The first-order valence-corrected chi connectivity index (χ1v) is 8.81. The van der Waals surface area contributed by atoms with Crippen LogP contribution in [0.15, 0.2) is 42.7 Å². The van der Waals surface area contributed by atoms with E-state index in [4.69, 9.17) is 4.74 Å². The largest absolute Gasteiger partial charge is 0.416 e. The van der Waals surface area contributed by atoms with E-state index in [2.05, 4.69) is 15.0 Å². The molecule has 3 aromatic rings. The van der Waals surface area contributed by atoms with Gasteiger partial charge in [0.15, 0.2) is 0 Å². The summed E-state index contributed by atoms with van der Waals surface area (Å²) in [6.45, 7) is 1.06. The first kappa shape index (κ1) is 18.8. The van der Waals surface area contributed by atoms with Crippen molar-refractivity contribution in [2.24, 2.45) is 0 Å². The number of alkyl halides is 4. The third kappa shape index (κ3) is 4.15. The van der Waals surface area contributed by atoms with Gasteiger partial charge in [-0.25, -0.2) is 9.37 Å². The Balaban J connectivity index is 1.32. The number of nitrogens with one attached hydrogen (secondary N) is 1. The molecule has 0 spiro atoms. The quantitative estimate of drug-likeness (QED) is 0.671. The van der Waals surface area contributed by atoms with Crippen LogP contribution in [0.4, 0.5) is 17.6 Å². The Labute approximate surface area is 158 Å². The predicted molar refractivity (Wildman–Crippen MR) is 94.1 cm³/mol. The summed E-state index contributed by atoms with van der Waals surface area (Å²) >= 11 is 0. The molecule has 0 aliphatic carbocycles. The van der Waals surface area contributed by atoms with E-state index in [0.29, 0.717) is 24.5 Å². The number of likely N-dealkylation sites (tertiary alicyclic amines) is 1. The lowest BCUT2D eigenvalue weighted by molar-refractivity contribution is -0.137. The first-order valence-electron chi connectivity index (χ1n) is 8.81.